The maximum Gasteiger partial charge on any atom is 0.303 e. The molecule has 0 heterocycles. The minimum Gasteiger partial charge on any atom is -0.481 e. The van der Waals surface area contributed by atoms with Crippen LogP contribution in [0.5, 0.6) is 0 Å². The number of hydrogen-bond donors (Lipinski definition) is 1. The van der Waals surface area contributed by atoms with E-state index in [-0.39, 0.29) is 19.4 Å². The molecule has 0 aliphatic rings. The molecule has 0 saturated heterocycles. The Hall–Kier alpha value is -2.07. The van der Waals surface area contributed by atoms with Crippen molar-refractivity contribution >= 4 is 21.7 Å². The van der Waals surface area contributed by atoms with Crippen LogP contribution >= 0.6 is 0 Å². The highest BCUT2D eigenvalue weighted by molar-refractivity contribution is 7.89. The van der Waals surface area contributed by atoms with Crippen molar-refractivity contribution in [3.8, 4) is 0 Å². The summed E-state index contributed by atoms with van der Waals surface area (Å²) in [6.45, 7) is -0.142. The van der Waals surface area contributed by atoms with Crippen LogP contribution in [0.15, 0.2) is 23.1 Å². The minimum absolute atomic E-state index is 0.0433. The quantitative estimate of drug-likeness (QED) is 0.596. The molecule has 0 radical (unpaired) electrons. The SMILES string of the molecule is CN(CCCC(=O)O)S(=O)(=O)c1cc([N+](=O)[O-])ccc1F. The fourth-order valence-corrected chi connectivity index (χ4v) is 2.83. The second-order valence-electron chi connectivity index (χ2n) is 4.20. The number of non-ortho nitro benzene ring substituents is 1. The van der Waals surface area contributed by atoms with Gasteiger partial charge in [-0.05, 0) is 12.5 Å². The molecule has 0 unspecified atom stereocenters. The Balaban J connectivity index is 3.04. The van der Waals surface area contributed by atoms with Crippen LogP contribution in [0.1, 0.15) is 12.8 Å². The number of carbonyl (C=O) groups is 1. The first-order valence-electron chi connectivity index (χ1n) is 5.78. The van der Waals surface area contributed by atoms with Gasteiger partial charge in [0.15, 0.2) is 0 Å². The molecule has 0 aromatic heterocycles. The van der Waals surface area contributed by atoms with Crippen molar-refractivity contribution in [1.29, 1.82) is 0 Å². The van der Waals surface area contributed by atoms with E-state index in [9.17, 15) is 27.7 Å². The average Bonchev–Trinajstić information content (AvgIpc) is 2.37. The number of aliphatic carboxylic acids is 1. The lowest BCUT2D eigenvalue weighted by atomic mass is 10.3. The Morgan fingerprint density at radius 3 is 2.62 bits per heavy atom. The summed E-state index contributed by atoms with van der Waals surface area (Å²) in [5.74, 6) is -2.19. The lowest BCUT2D eigenvalue weighted by molar-refractivity contribution is -0.385. The predicted molar refractivity (Wildman–Crippen MR) is 69.7 cm³/mol. The van der Waals surface area contributed by atoms with Crippen molar-refractivity contribution in [1.82, 2.24) is 4.31 Å². The van der Waals surface area contributed by atoms with E-state index in [0.717, 1.165) is 17.4 Å². The monoisotopic (exact) mass is 320 g/mol. The maximum absolute atomic E-state index is 13.6. The van der Waals surface area contributed by atoms with Crippen molar-refractivity contribution in [3.63, 3.8) is 0 Å². The van der Waals surface area contributed by atoms with E-state index < -0.39 is 37.3 Å². The number of nitro groups is 1. The number of carboxylic acid groups (broad SMARTS) is 1. The summed E-state index contributed by atoms with van der Waals surface area (Å²) < 4.78 is 38.6. The third-order valence-corrected chi connectivity index (χ3v) is 4.55. The van der Waals surface area contributed by atoms with Gasteiger partial charge in [-0.25, -0.2) is 17.1 Å². The molecule has 1 aromatic rings. The van der Waals surface area contributed by atoms with Crippen molar-refractivity contribution < 1.29 is 27.6 Å². The summed E-state index contributed by atoms with van der Waals surface area (Å²) in [5, 5.41) is 19.1. The van der Waals surface area contributed by atoms with E-state index in [0.29, 0.717) is 12.1 Å². The van der Waals surface area contributed by atoms with Crippen LogP contribution in [0.2, 0.25) is 0 Å². The van der Waals surface area contributed by atoms with Crippen molar-refractivity contribution in [2.24, 2.45) is 0 Å². The highest BCUT2D eigenvalue weighted by Gasteiger charge is 2.26. The Bertz CT molecular complexity index is 661. The van der Waals surface area contributed by atoms with E-state index >= 15 is 0 Å². The Kier molecular flexibility index (Phi) is 5.33. The van der Waals surface area contributed by atoms with Crippen molar-refractivity contribution in [3.05, 3.63) is 34.1 Å². The van der Waals surface area contributed by atoms with Gasteiger partial charge in [-0.3, -0.25) is 14.9 Å². The van der Waals surface area contributed by atoms with E-state index in [2.05, 4.69) is 0 Å². The number of nitrogens with zero attached hydrogens (tertiary/aromatic N) is 2. The molecule has 1 rings (SSSR count). The third-order valence-electron chi connectivity index (χ3n) is 2.68. The molecule has 0 bridgehead atoms. The molecule has 1 N–H and O–H groups in total. The molecule has 0 saturated carbocycles. The van der Waals surface area contributed by atoms with E-state index in [1.165, 1.54) is 0 Å². The largest absolute Gasteiger partial charge is 0.481 e. The Morgan fingerprint density at radius 2 is 2.10 bits per heavy atom. The number of halogens is 1. The van der Waals surface area contributed by atoms with E-state index in [4.69, 9.17) is 5.11 Å². The molecule has 8 nitrogen and oxygen atoms in total. The number of sulfonamides is 1. The summed E-state index contributed by atoms with van der Waals surface area (Å²) in [7, 11) is -3.11. The topological polar surface area (TPSA) is 118 Å². The van der Waals surface area contributed by atoms with Crippen LogP contribution in [-0.4, -0.2) is 42.3 Å². The van der Waals surface area contributed by atoms with Gasteiger partial charge in [0.1, 0.15) is 10.7 Å². The molecular weight excluding hydrogens is 307 g/mol. The number of nitro benzene ring substituents is 1. The Morgan fingerprint density at radius 1 is 1.48 bits per heavy atom. The van der Waals surface area contributed by atoms with Gasteiger partial charge in [0, 0.05) is 32.1 Å². The number of rotatable bonds is 7. The molecule has 0 aliphatic carbocycles. The summed E-state index contributed by atoms with van der Waals surface area (Å²) in [4.78, 5) is 19.3. The Labute approximate surface area is 120 Å². The first kappa shape index (κ1) is 17.0. The van der Waals surface area contributed by atoms with Crippen LogP contribution in [0.4, 0.5) is 10.1 Å². The predicted octanol–water partition coefficient (Wildman–Crippen LogP) is 1.22. The van der Waals surface area contributed by atoms with E-state index in [1.54, 1.807) is 0 Å². The number of benzene rings is 1. The first-order chi connectivity index (χ1) is 9.66. The number of hydrogen-bond acceptors (Lipinski definition) is 5. The molecule has 10 heteroatoms. The van der Waals surface area contributed by atoms with Gasteiger partial charge in [0.2, 0.25) is 10.0 Å². The van der Waals surface area contributed by atoms with Crippen LogP contribution in [0, 0.1) is 15.9 Å². The lowest BCUT2D eigenvalue weighted by Gasteiger charge is -2.16. The van der Waals surface area contributed by atoms with Crippen LogP contribution < -0.4 is 0 Å². The van der Waals surface area contributed by atoms with Gasteiger partial charge in [-0.15, -0.1) is 0 Å². The standard InChI is InChI=1S/C11H13FN2O6S/c1-13(6-2-3-11(15)16)21(19,20)10-7-8(14(17)18)4-5-9(10)12/h4-5,7H,2-3,6H2,1H3,(H,15,16). The second kappa shape index (κ2) is 6.59. The van der Waals surface area contributed by atoms with Crippen LogP contribution in [-0.2, 0) is 14.8 Å². The minimum atomic E-state index is -4.26. The highest BCUT2D eigenvalue weighted by Crippen LogP contribution is 2.23. The van der Waals surface area contributed by atoms with Gasteiger partial charge in [-0.2, -0.15) is 0 Å². The maximum atomic E-state index is 13.6. The smallest absolute Gasteiger partial charge is 0.303 e. The second-order valence-corrected chi connectivity index (χ2v) is 6.21. The molecule has 0 fully saturated rings. The summed E-state index contributed by atoms with van der Waals surface area (Å²) in [5.41, 5.74) is -0.547. The van der Waals surface area contributed by atoms with Crippen molar-refractivity contribution in [2.75, 3.05) is 13.6 Å². The van der Waals surface area contributed by atoms with Crippen LogP contribution in [0.3, 0.4) is 0 Å². The lowest BCUT2D eigenvalue weighted by Crippen LogP contribution is -2.29. The molecular formula is C11H13FN2O6S. The molecule has 116 valence electrons. The zero-order valence-corrected chi connectivity index (χ0v) is 11.8. The van der Waals surface area contributed by atoms with Gasteiger partial charge in [0.05, 0.1) is 4.92 Å². The zero-order valence-electron chi connectivity index (χ0n) is 11.0. The molecule has 0 spiro atoms. The third kappa shape index (κ3) is 4.20. The van der Waals surface area contributed by atoms with Gasteiger partial charge < -0.3 is 5.11 Å². The summed E-state index contributed by atoms with van der Waals surface area (Å²) in [6.07, 6.45) is -0.196. The summed E-state index contributed by atoms with van der Waals surface area (Å²) in [6, 6.07) is 2.20. The first-order valence-corrected chi connectivity index (χ1v) is 7.22. The fraction of sp³-hybridized carbons (Fsp3) is 0.364. The average molecular weight is 320 g/mol. The van der Waals surface area contributed by atoms with Gasteiger partial charge >= 0.3 is 5.97 Å². The molecule has 0 atom stereocenters. The molecule has 0 aliphatic heterocycles. The zero-order chi connectivity index (χ0) is 16.2. The molecule has 0 amide bonds. The number of carboxylic acids is 1. The summed E-state index contributed by atoms with van der Waals surface area (Å²) >= 11 is 0. The normalized spacial score (nSPS) is 11.6. The molecule has 21 heavy (non-hydrogen) atoms. The van der Waals surface area contributed by atoms with Crippen LogP contribution in [0.25, 0.3) is 0 Å². The van der Waals surface area contributed by atoms with E-state index in [1.807, 2.05) is 0 Å². The van der Waals surface area contributed by atoms with Gasteiger partial charge in [-0.1, -0.05) is 0 Å². The fourth-order valence-electron chi connectivity index (χ4n) is 1.54. The van der Waals surface area contributed by atoms with Gasteiger partial charge in [0.25, 0.3) is 5.69 Å². The van der Waals surface area contributed by atoms with Crippen molar-refractivity contribution in [2.45, 2.75) is 17.7 Å². The molecule has 1 aromatic carbocycles. The highest BCUT2D eigenvalue weighted by atomic mass is 32.2.